The second-order valence-corrected chi connectivity index (χ2v) is 4.21. The van der Waals surface area contributed by atoms with Gasteiger partial charge in [-0.15, -0.1) is 0 Å². The fraction of sp³-hybridized carbons (Fsp3) is 0.833. The second-order valence-electron chi connectivity index (χ2n) is 4.21. The van der Waals surface area contributed by atoms with Gasteiger partial charge in [0, 0.05) is 13.5 Å². The van der Waals surface area contributed by atoms with Crippen molar-refractivity contribution in [3.8, 4) is 0 Å². The van der Waals surface area contributed by atoms with E-state index in [1.54, 1.807) is 6.92 Å². The summed E-state index contributed by atoms with van der Waals surface area (Å²) < 4.78 is 0. The molecule has 16 heavy (non-hydrogen) atoms. The highest BCUT2D eigenvalue weighted by Crippen LogP contribution is 2.08. The lowest BCUT2D eigenvalue weighted by atomic mass is 9.99. The molecule has 0 aliphatic rings. The van der Waals surface area contributed by atoms with Crippen LogP contribution < -0.4 is 5.32 Å². The molecule has 4 nitrogen and oxygen atoms in total. The smallest absolute Gasteiger partial charge is 0.306 e. The van der Waals surface area contributed by atoms with E-state index >= 15 is 0 Å². The molecule has 0 aromatic carbocycles. The molecule has 1 atom stereocenters. The maximum Gasteiger partial charge on any atom is 0.306 e. The monoisotopic (exact) mass is 231 g/mol. The van der Waals surface area contributed by atoms with Crippen LogP contribution >= 0.6 is 0 Å². The van der Waals surface area contributed by atoms with Crippen LogP contribution in [-0.2, 0) is 9.59 Å². The Labute approximate surface area is 98.4 Å². The van der Waals surface area contributed by atoms with Gasteiger partial charge >= 0.3 is 5.97 Å². The molecule has 0 aromatic rings. The summed E-state index contributed by atoms with van der Waals surface area (Å²) in [5, 5.41) is 11.1. The van der Waals surface area contributed by atoms with E-state index in [9.17, 15) is 9.59 Å². The summed E-state index contributed by atoms with van der Waals surface area (Å²) in [5.41, 5.74) is 0. The van der Waals surface area contributed by atoms with Gasteiger partial charge in [0.1, 0.15) is 0 Å². The SMILES string of the molecule is CC(C)C(C)C(=O)O.CCCCNC(C)=O. The van der Waals surface area contributed by atoms with Crippen molar-refractivity contribution < 1.29 is 14.7 Å². The van der Waals surface area contributed by atoms with Crippen LogP contribution in [0.5, 0.6) is 0 Å². The largest absolute Gasteiger partial charge is 0.481 e. The summed E-state index contributed by atoms with van der Waals surface area (Å²) in [6.45, 7) is 9.98. The van der Waals surface area contributed by atoms with Crippen LogP contribution in [0.1, 0.15) is 47.5 Å². The maximum absolute atomic E-state index is 10.2. The molecule has 0 aliphatic heterocycles. The molecule has 0 radical (unpaired) electrons. The first kappa shape index (κ1) is 17.3. The Hall–Kier alpha value is -1.06. The maximum atomic E-state index is 10.2. The summed E-state index contributed by atoms with van der Waals surface area (Å²) in [4.78, 5) is 20.3. The van der Waals surface area contributed by atoms with Gasteiger partial charge in [0.15, 0.2) is 0 Å². The van der Waals surface area contributed by atoms with Crippen LogP contribution in [0.15, 0.2) is 0 Å². The number of carboxylic acids is 1. The van der Waals surface area contributed by atoms with E-state index in [4.69, 9.17) is 5.11 Å². The number of carbonyl (C=O) groups excluding carboxylic acids is 1. The molecule has 96 valence electrons. The number of aliphatic carboxylic acids is 1. The topological polar surface area (TPSA) is 66.4 Å². The number of hydrogen-bond donors (Lipinski definition) is 2. The average Bonchev–Trinajstić information content (AvgIpc) is 2.17. The van der Waals surface area contributed by atoms with Crippen molar-refractivity contribution in [1.82, 2.24) is 5.32 Å². The van der Waals surface area contributed by atoms with E-state index in [1.165, 1.54) is 6.92 Å². The second kappa shape index (κ2) is 10.5. The zero-order valence-electron chi connectivity index (χ0n) is 11.0. The standard InChI is InChI=1S/C6H13NO.C6H12O2/c1-3-4-5-7-6(2)8;1-4(2)5(3)6(7)8/h3-5H2,1-2H3,(H,7,8);4-5H,1-3H3,(H,7,8). The minimum absolute atomic E-state index is 0.0680. The molecule has 0 saturated carbocycles. The van der Waals surface area contributed by atoms with Crippen LogP contribution in [0.3, 0.4) is 0 Å². The van der Waals surface area contributed by atoms with E-state index in [0.717, 1.165) is 19.4 Å². The third-order valence-electron chi connectivity index (χ3n) is 2.29. The van der Waals surface area contributed by atoms with Crippen LogP contribution in [0.25, 0.3) is 0 Å². The summed E-state index contributed by atoms with van der Waals surface area (Å²) in [7, 11) is 0. The van der Waals surface area contributed by atoms with Crippen molar-refractivity contribution in [1.29, 1.82) is 0 Å². The van der Waals surface area contributed by atoms with E-state index in [2.05, 4.69) is 12.2 Å². The Morgan fingerprint density at radius 2 is 1.75 bits per heavy atom. The van der Waals surface area contributed by atoms with E-state index in [1.807, 2.05) is 13.8 Å². The Kier molecular flexibility index (Phi) is 11.3. The summed E-state index contributed by atoms with van der Waals surface area (Å²) in [6, 6.07) is 0. The zero-order chi connectivity index (χ0) is 13.1. The molecule has 0 heterocycles. The van der Waals surface area contributed by atoms with Gasteiger partial charge in [-0.2, -0.15) is 0 Å². The van der Waals surface area contributed by atoms with Crippen molar-refractivity contribution in [3.05, 3.63) is 0 Å². The van der Waals surface area contributed by atoms with Crippen molar-refractivity contribution >= 4 is 11.9 Å². The normalized spacial score (nSPS) is 11.4. The van der Waals surface area contributed by atoms with Crippen molar-refractivity contribution in [2.45, 2.75) is 47.5 Å². The van der Waals surface area contributed by atoms with E-state index in [-0.39, 0.29) is 17.7 Å². The van der Waals surface area contributed by atoms with Gasteiger partial charge < -0.3 is 10.4 Å². The quantitative estimate of drug-likeness (QED) is 0.713. The van der Waals surface area contributed by atoms with Crippen LogP contribution in [0.4, 0.5) is 0 Å². The third-order valence-corrected chi connectivity index (χ3v) is 2.29. The number of carboxylic acid groups (broad SMARTS) is 1. The van der Waals surface area contributed by atoms with Gasteiger partial charge in [0.2, 0.25) is 5.91 Å². The molecule has 4 heteroatoms. The predicted octanol–water partition coefficient (Wildman–Crippen LogP) is 2.29. The molecule has 0 saturated heterocycles. The Morgan fingerprint density at radius 1 is 1.25 bits per heavy atom. The van der Waals surface area contributed by atoms with Crippen molar-refractivity contribution in [2.75, 3.05) is 6.54 Å². The molecule has 0 fully saturated rings. The first-order chi connectivity index (χ1) is 7.32. The molecule has 0 aromatic heterocycles. The number of carbonyl (C=O) groups is 2. The van der Waals surface area contributed by atoms with Gasteiger partial charge in [-0.25, -0.2) is 0 Å². The molecule has 0 spiro atoms. The van der Waals surface area contributed by atoms with Crippen molar-refractivity contribution in [3.63, 3.8) is 0 Å². The van der Waals surface area contributed by atoms with Gasteiger partial charge in [-0.05, 0) is 12.3 Å². The fourth-order valence-corrected chi connectivity index (χ4v) is 0.726. The highest BCUT2D eigenvalue weighted by molar-refractivity contribution is 5.72. The van der Waals surface area contributed by atoms with Gasteiger partial charge in [0.05, 0.1) is 5.92 Å². The Bertz CT molecular complexity index is 202. The van der Waals surface area contributed by atoms with Crippen LogP contribution in [-0.4, -0.2) is 23.5 Å². The summed E-state index contributed by atoms with van der Waals surface area (Å²) in [6.07, 6.45) is 2.22. The molecule has 1 unspecified atom stereocenters. The Morgan fingerprint density at radius 3 is 1.94 bits per heavy atom. The lowest BCUT2D eigenvalue weighted by Crippen LogP contribution is -2.20. The van der Waals surface area contributed by atoms with Crippen LogP contribution in [0, 0.1) is 11.8 Å². The number of unbranched alkanes of at least 4 members (excludes halogenated alkanes) is 1. The number of hydrogen-bond acceptors (Lipinski definition) is 2. The number of nitrogens with one attached hydrogen (secondary N) is 1. The molecule has 2 N–H and O–H groups in total. The predicted molar refractivity (Wildman–Crippen MR) is 65.2 cm³/mol. The third kappa shape index (κ3) is 12.9. The van der Waals surface area contributed by atoms with Gasteiger partial charge in [0.25, 0.3) is 0 Å². The van der Waals surface area contributed by atoms with Gasteiger partial charge in [-0.3, -0.25) is 9.59 Å². The number of rotatable bonds is 5. The van der Waals surface area contributed by atoms with Crippen LogP contribution in [0.2, 0.25) is 0 Å². The molecule has 0 aliphatic carbocycles. The highest BCUT2D eigenvalue weighted by atomic mass is 16.4. The highest BCUT2D eigenvalue weighted by Gasteiger charge is 2.13. The minimum Gasteiger partial charge on any atom is -0.481 e. The number of amides is 1. The zero-order valence-corrected chi connectivity index (χ0v) is 11.0. The first-order valence-corrected chi connectivity index (χ1v) is 5.80. The molecular formula is C12H25NO3. The molecule has 0 rings (SSSR count). The van der Waals surface area contributed by atoms with Gasteiger partial charge in [-0.1, -0.05) is 34.1 Å². The molecule has 1 amide bonds. The molecular weight excluding hydrogens is 206 g/mol. The first-order valence-electron chi connectivity index (χ1n) is 5.80. The van der Waals surface area contributed by atoms with E-state index in [0.29, 0.717) is 0 Å². The van der Waals surface area contributed by atoms with E-state index < -0.39 is 5.97 Å². The molecule has 0 bridgehead atoms. The van der Waals surface area contributed by atoms with Crippen molar-refractivity contribution in [2.24, 2.45) is 11.8 Å². The Balaban J connectivity index is 0. The lowest BCUT2D eigenvalue weighted by Gasteiger charge is -2.07. The average molecular weight is 231 g/mol. The lowest BCUT2D eigenvalue weighted by molar-refractivity contribution is -0.142. The fourth-order valence-electron chi connectivity index (χ4n) is 0.726. The summed E-state index contributed by atoms with van der Waals surface area (Å²) in [5.74, 6) is -0.610. The summed E-state index contributed by atoms with van der Waals surface area (Å²) >= 11 is 0. The minimum atomic E-state index is -0.708.